The first-order valence-corrected chi connectivity index (χ1v) is 10.4. The molecule has 2 aromatic carbocycles. The molecule has 0 aliphatic heterocycles. The van der Waals surface area contributed by atoms with Crippen molar-refractivity contribution in [2.24, 2.45) is 0 Å². The van der Waals surface area contributed by atoms with Gasteiger partial charge in [-0.05, 0) is 36.1 Å². The third-order valence-electron chi connectivity index (χ3n) is 4.26. The quantitative estimate of drug-likeness (QED) is 0.329. The molecule has 2 aromatic rings. The molecule has 0 saturated carbocycles. The highest BCUT2D eigenvalue weighted by Gasteiger charge is 2.18. The molecule has 0 N–H and O–H groups in total. The van der Waals surface area contributed by atoms with Gasteiger partial charge in [-0.2, -0.15) is 0 Å². The van der Waals surface area contributed by atoms with Crippen LogP contribution in [0.25, 0.3) is 12.2 Å². The lowest BCUT2D eigenvalue weighted by atomic mass is 10.1. The Bertz CT molecular complexity index is 755. The van der Waals surface area contributed by atoms with E-state index in [-0.39, 0.29) is 11.1 Å². The number of carbonyl (C=O) groups is 2. The summed E-state index contributed by atoms with van der Waals surface area (Å²) in [6, 6.07) is 14.6. The standard InChI is InChI=1S/C16H22O4.C10H10/c1-3-5-11-19-15(17)13-9-7-8-10-14(13)16(18)20-12-6-4-2;1-3-9-7-5-6-8-10(9)4-2/h7-10H,3-6,11-12H2,1-2H3;3-8H,1-2H2. The lowest BCUT2D eigenvalue weighted by Crippen LogP contribution is -2.14. The molecule has 30 heavy (non-hydrogen) atoms. The molecular weight excluding hydrogens is 376 g/mol. The van der Waals surface area contributed by atoms with Gasteiger partial charge in [0, 0.05) is 0 Å². The van der Waals surface area contributed by atoms with Crippen LogP contribution in [0.4, 0.5) is 0 Å². The number of rotatable bonds is 10. The van der Waals surface area contributed by atoms with Gasteiger partial charge in [0.15, 0.2) is 0 Å². The van der Waals surface area contributed by atoms with Crippen molar-refractivity contribution in [2.75, 3.05) is 13.2 Å². The zero-order valence-electron chi connectivity index (χ0n) is 18.1. The van der Waals surface area contributed by atoms with Crippen LogP contribution in [0.1, 0.15) is 71.4 Å². The second-order valence-corrected chi connectivity index (χ2v) is 6.56. The molecule has 4 heteroatoms. The van der Waals surface area contributed by atoms with Crippen LogP contribution in [0.5, 0.6) is 0 Å². The SMILES string of the molecule is C=Cc1ccccc1C=C.CCCCOC(=O)c1ccccc1C(=O)OCCCC. The Hall–Kier alpha value is -3.14. The predicted octanol–water partition coefficient (Wildman–Crippen LogP) is 6.57. The van der Waals surface area contributed by atoms with Crippen LogP contribution in [0.15, 0.2) is 61.7 Å². The summed E-state index contributed by atoms with van der Waals surface area (Å²) < 4.78 is 10.3. The average molecular weight is 409 g/mol. The maximum atomic E-state index is 11.9. The summed E-state index contributed by atoms with van der Waals surface area (Å²) in [5, 5.41) is 0. The normalized spacial score (nSPS) is 9.67. The molecule has 160 valence electrons. The zero-order valence-corrected chi connectivity index (χ0v) is 18.1. The summed E-state index contributed by atoms with van der Waals surface area (Å²) >= 11 is 0. The fourth-order valence-electron chi connectivity index (χ4n) is 2.50. The number of benzene rings is 2. The molecule has 0 heterocycles. The van der Waals surface area contributed by atoms with Crippen molar-refractivity contribution in [2.45, 2.75) is 39.5 Å². The highest BCUT2D eigenvalue weighted by molar-refractivity contribution is 6.03. The first-order valence-electron chi connectivity index (χ1n) is 10.4. The Labute approximate surface area is 180 Å². The highest BCUT2D eigenvalue weighted by atomic mass is 16.5. The minimum atomic E-state index is -0.471. The van der Waals surface area contributed by atoms with Gasteiger partial charge < -0.3 is 9.47 Å². The van der Waals surface area contributed by atoms with Crippen molar-refractivity contribution in [3.05, 3.63) is 83.9 Å². The molecule has 0 unspecified atom stereocenters. The molecule has 0 spiro atoms. The molecule has 0 aromatic heterocycles. The van der Waals surface area contributed by atoms with Crippen molar-refractivity contribution in [3.63, 3.8) is 0 Å². The number of hydrogen-bond donors (Lipinski definition) is 0. The van der Waals surface area contributed by atoms with E-state index < -0.39 is 11.9 Å². The highest BCUT2D eigenvalue weighted by Crippen LogP contribution is 2.13. The first kappa shape index (κ1) is 24.9. The second-order valence-electron chi connectivity index (χ2n) is 6.56. The van der Waals surface area contributed by atoms with Crippen LogP contribution in [-0.2, 0) is 9.47 Å². The van der Waals surface area contributed by atoms with Crippen LogP contribution in [0.3, 0.4) is 0 Å². The van der Waals surface area contributed by atoms with E-state index >= 15 is 0 Å². The molecule has 2 rings (SSSR count). The van der Waals surface area contributed by atoms with Crippen molar-refractivity contribution in [1.29, 1.82) is 0 Å². The van der Waals surface area contributed by atoms with Crippen LogP contribution in [-0.4, -0.2) is 25.2 Å². The lowest BCUT2D eigenvalue weighted by molar-refractivity contribution is 0.0452. The van der Waals surface area contributed by atoms with E-state index in [1.54, 1.807) is 24.3 Å². The second kappa shape index (κ2) is 14.8. The van der Waals surface area contributed by atoms with E-state index in [1.165, 1.54) is 0 Å². The number of unbranched alkanes of at least 4 members (excludes halogenated alkanes) is 2. The Morgan fingerprint density at radius 2 is 1.10 bits per heavy atom. The number of carbonyl (C=O) groups excluding carboxylic acids is 2. The van der Waals surface area contributed by atoms with Crippen LogP contribution in [0.2, 0.25) is 0 Å². The molecule has 0 aliphatic carbocycles. The smallest absolute Gasteiger partial charge is 0.339 e. The maximum Gasteiger partial charge on any atom is 0.339 e. The van der Waals surface area contributed by atoms with E-state index in [2.05, 4.69) is 13.2 Å². The third kappa shape index (κ3) is 8.48. The molecule has 0 fully saturated rings. The van der Waals surface area contributed by atoms with Crippen LogP contribution in [0, 0.1) is 0 Å². The Morgan fingerprint density at radius 3 is 1.43 bits per heavy atom. The van der Waals surface area contributed by atoms with E-state index in [4.69, 9.17) is 9.47 Å². The minimum Gasteiger partial charge on any atom is -0.462 e. The van der Waals surface area contributed by atoms with Gasteiger partial charge in [0.05, 0.1) is 24.3 Å². The van der Waals surface area contributed by atoms with E-state index in [0.717, 1.165) is 36.8 Å². The minimum absolute atomic E-state index is 0.269. The van der Waals surface area contributed by atoms with Gasteiger partial charge in [-0.25, -0.2) is 9.59 Å². The van der Waals surface area contributed by atoms with Crippen LogP contribution < -0.4 is 0 Å². The van der Waals surface area contributed by atoms with Crippen molar-refractivity contribution < 1.29 is 19.1 Å². The van der Waals surface area contributed by atoms with Gasteiger partial charge in [0.1, 0.15) is 0 Å². The largest absolute Gasteiger partial charge is 0.462 e. The summed E-state index contributed by atoms with van der Waals surface area (Å²) in [4.78, 5) is 23.9. The molecule has 4 nitrogen and oxygen atoms in total. The van der Waals surface area contributed by atoms with E-state index in [0.29, 0.717) is 13.2 Å². The van der Waals surface area contributed by atoms with Gasteiger partial charge in [-0.1, -0.05) is 88.4 Å². The molecule has 0 bridgehead atoms. The maximum absolute atomic E-state index is 11.9. The summed E-state index contributed by atoms with van der Waals surface area (Å²) in [7, 11) is 0. The fraction of sp³-hybridized carbons (Fsp3) is 0.308. The number of esters is 2. The molecule has 0 amide bonds. The zero-order chi connectivity index (χ0) is 22.2. The molecular formula is C26H32O4. The Kier molecular flexibility index (Phi) is 12.3. The third-order valence-corrected chi connectivity index (χ3v) is 4.26. The average Bonchev–Trinajstić information content (AvgIpc) is 2.79. The molecule has 0 radical (unpaired) electrons. The number of ether oxygens (including phenoxy) is 2. The summed E-state index contributed by atoms with van der Waals surface area (Å²) in [5.41, 5.74) is 2.81. The van der Waals surface area contributed by atoms with Crippen molar-refractivity contribution in [3.8, 4) is 0 Å². The van der Waals surface area contributed by atoms with E-state index in [9.17, 15) is 9.59 Å². The summed E-state index contributed by atoms with van der Waals surface area (Å²) in [6.45, 7) is 12.2. The van der Waals surface area contributed by atoms with Gasteiger partial charge in [-0.15, -0.1) is 0 Å². The van der Waals surface area contributed by atoms with Gasteiger partial charge >= 0.3 is 11.9 Å². The first-order chi connectivity index (χ1) is 14.6. The topological polar surface area (TPSA) is 52.6 Å². The lowest BCUT2D eigenvalue weighted by Gasteiger charge is -2.09. The Balaban J connectivity index is 0.000000375. The van der Waals surface area contributed by atoms with Crippen molar-refractivity contribution in [1.82, 2.24) is 0 Å². The predicted molar refractivity (Wildman–Crippen MR) is 123 cm³/mol. The molecule has 0 aliphatic rings. The van der Waals surface area contributed by atoms with Crippen LogP contribution >= 0.6 is 0 Å². The fourth-order valence-corrected chi connectivity index (χ4v) is 2.50. The van der Waals surface area contributed by atoms with Gasteiger partial charge in [0.25, 0.3) is 0 Å². The van der Waals surface area contributed by atoms with E-state index in [1.807, 2.05) is 50.3 Å². The van der Waals surface area contributed by atoms with Gasteiger partial charge in [-0.3, -0.25) is 0 Å². The monoisotopic (exact) mass is 408 g/mol. The Morgan fingerprint density at radius 1 is 0.733 bits per heavy atom. The van der Waals surface area contributed by atoms with Crippen molar-refractivity contribution >= 4 is 24.1 Å². The summed E-state index contributed by atoms with van der Waals surface area (Å²) in [5.74, 6) is -0.942. The molecule has 0 saturated heterocycles. The summed E-state index contributed by atoms with van der Waals surface area (Å²) in [6.07, 6.45) is 7.19. The molecule has 0 atom stereocenters. The van der Waals surface area contributed by atoms with Gasteiger partial charge in [0.2, 0.25) is 0 Å². The number of hydrogen-bond acceptors (Lipinski definition) is 4.